The second-order valence-electron chi connectivity index (χ2n) is 6.74. The zero-order valence-electron chi connectivity index (χ0n) is 15.2. The number of rotatable bonds is 4. The van der Waals surface area contributed by atoms with Crippen molar-refractivity contribution in [3.63, 3.8) is 0 Å². The van der Waals surface area contributed by atoms with Crippen LogP contribution in [0.5, 0.6) is 0 Å². The van der Waals surface area contributed by atoms with Crippen molar-refractivity contribution in [3.05, 3.63) is 65.2 Å². The maximum absolute atomic E-state index is 13.3. The number of amides is 2. The number of benzene rings is 2. The summed E-state index contributed by atoms with van der Waals surface area (Å²) >= 11 is 0. The van der Waals surface area contributed by atoms with Crippen molar-refractivity contribution < 1.29 is 18.4 Å². The summed E-state index contributed by atoms with van der Waals surface area (Å²) < 4.78 is 26.4. The highest BCUT2D eigenvalue weighted by Gasteiger charge is 2.28. The molecule has 2 aromatic carbocycles. The Kier molecular flexibility index (Phi) is 5.84. The topological polar surface area (TPSA) is 49.4 Å². The highest BCUT2D eigenvalue weighted by molar-refractivity contribution is 5.95. The van der Waals surface area contributed by atoms with E-state index in [-0.39, 0.29) is 23.3 Å². The van der Waals surface area contributed by atoms with Gasteiger partial charge in [0.25, 0.3) is 5.91 Å². The van der Waals surface area contributed by atoms with E-state index in [2.05, 4.69) is 12.2 Å². The molecule has 0 aliphatic carbocycles. The van der Waals surface area contributed by atoms with Crippen molar-refractivity contribution in [2.24, 2.45) is 5.92 Å². The van der Waals surface area contributed by atoms with Gasteiger partial charge in [0.15, 0.2) is 11.6 Å². The maximum atomic E-state index is 13.3. The van der Waals surface area contributed by atoms with E-state index < -0.39 is 11.6 Å². The van der Waals surface area contributed by atoms with Crippen LogP contribution in [0.4, 0.5) is 14.5 Å². The highest BCUT2D eigenvalue weighted by Crippen LogP contribution is 2.22. The number of aryl methyl sites for hydroxylation is 1. The Morgan fingerprint density at radius 2 is 1.70 bits per heavy atom. The second kappa shape index (κ2) is 8.29. The molecule has 0 bridgehead atoms. The van der Waals surface area contributed by atoms with Gasteiger partial charge < -0.3 is 10.2 Å². The molecule has 3 rings (SSSR count). The minimum Gasteiger partial charge on any atom is -0.339 e. The van der Waals surface area contributed by atoms with Crippen molar-refractivity contribution in [3.8, 4) is 0 Å². The summed E-state index contributed by atoms with van der Waals surface area (Å²) in [6.45, 7) is 2.89. The smallest absolute Gasteiger partial charge is 0.253 e. The molecular weight excluding hydrogens is 350 g/mol. The molecule has 1 N–H and O–H groups in total. The molecule has 1 aliphatic heterocycles. The molecule has 27 heavy (non-hydrogen) atoms. The fourth-order valence-corrected chi connectivity index (χ4v) is 3.22. The zero-order chi connectivity index (χ0) is 19.4. The van der Waals surface area contributed by atoms with E-state index in [9.17, 15) is 18.4 Å². The van der Waals surface area contributed by atoms with Crippen molar-refractivity contribution in [1.29, 1.82) is 0 Å². The minimum atomic E-state index is -1.04. The molecule has 2 aromatic rings. The first-order chi connectivity index (χ1) is 13.0. The number of hydrogen-bond acceptors (Lipinski definition) is 2. The average Bonchev–Trinajstić information content (AvgIpc) is 2.70. The minimum absolute atomic E-state index is 0.0563. The van der Waals surface area contributed by atoms with Crippen LogP contribution in [0.15, 0.2) is 42.5 Å². The lowest BCUT2D eigenvalue weighted by atomic mass is 9.95. The summed E-state index contributed by atoms with van der Waals surface area (Å²) in [5.74, 6) is -2.59. The molecule has 1 fully saturated rings. The molecule has 6 heteroatoms. The molecule has 2 amide bonds. The molecule has 4 nitrogen and oxygen atoms in total. The fourth-order valence-electron chi connectivity index (χ4n) is 3.22. The van der Waals surface area contributed by atoms with Crippen LogP contribution in [-0.4, -0.2) is 29.8 Å². The summed E-state index contributed by atoms with van der Waals surface area (Å²) in [4.78, 5) is 26.4. The van der Waals surface area contributed by atoms with E-state index >= 15 is 0 Å². The number of anilines is 1. The van der Waals surface area contributed by atoms with E-state index in [0.29, 0.717) is 25.9 Å². The van der Waals surface area contributed by atoms with Crippen LogP contribution in [-0.2, 0) is 11.2 Å². The van der Waals surface area contributed by atoms with E-state index in [1.165, 1.54) is 11.6 Å². The van der Waals surface area contributed by atoms with Gasteiger partial charge in [0.1, 0.15) is 0 Å². The van der Waals surface area contributed by atoms with E-state index in [1.807, 2.05) is 24.3 Å². The second-order valence-corrected chi connectivity index (χ2v) is 6.74. The lowest BCUT2D eigenvalue weighted by Crippen LogP contribution is -2.41. The molecule has 0 aromatic heterocycles. The number of nitrogens with zero attached hydrogens (tertiary/aromatic N) is 1. The van der Waals surface area contributed by atoms with Crippen LogP contribution >= 0.6 is 0 Å². The fraction of sp³-hybridized carbons (Fsp3) is 0.333. The van der Waals surface area contributed by atoms with E-state index in [0.717, 1.165) is 24.2 Å². The number of nitrogens with one attached hydrogen (secondary N) is 1. The third-order valence-electron chi connectivity index (χ3n) is 4.95. The Bertz CT molecular complexity index is 829. The number of likely N-dealkylation sites (tertiary alicyclic amines) is 1. The first-order valence-corrected chi connectivity index (χ1v) is 9.12. The van der Waals surface area contributed by atoms with Gasteiger partial charge in [-0.2, -0.15) is 0 Å². The first-order valence-electron chi connectivity index (χ1n) is 9.12. The number of piperidine rings is 1. The third kappa shape index (κ3) is 4.51. The van der Waals surface area contributed by atoms with Gasteiger partial charge in [-0.15, -0.1) is 0 Å². The van der Waals surface area contributed by atoms with Gasteiger partial charge in [0, 0.05) is 30.3 Å². The Morgan fingerprint density at radius 3 is 2.30 bits per heavy atom. The van der Waals surface area contributed by atoms with Crippen molar-refractivity contribution in [2.45, 2.75) is 26.2 Å². The zero-order valence-corrected chi connectivity index (χ0v) is 15.2. The Labute approximate surface area is 157 Å². The van der Waals surface area contributed by atoms with Crippen molar-refractivity contribution >= 4 is 17.5 Å². The summed E-state index contributed by atoms with van der Waals surface area (Å²) in [6, 6.07) is 10.9. The molecule has 1 aliphatic rings. The first kappa shape index (κ1) is 19.0. The lowest BCUT2D eigenvalue weighted by molar-refractivity contribution is -0.121. The Balaban J connectivity index is 1.55. The van der Waals surface area contributed by atoms with Crippen LogP contribution in [0.25, 0.3) is 0 Å². The lowest BCUT2D eigenvalue weighted by Gasteiger charge is -2.31. The normalized spacial score (nSPS) is 14.9. The third-order valence-corrected chi connectivity index (χ3v) is 4.95. The van der Waals surface area contributed by atoms with Crippen LogP contribution < -0.4 is 5.32 Å². The molecular formula is C21H22F2N2O2. The standard InChI is InChI=1S/C21H22F2N2O2/c1-2-14-3-6-17(7-4-14)24-20(26)15-9-11-25(12-10-15)21(27)16-5-8-18(22)19(23)13-16/h3-8,13,15H,2,9-12H2,1H3,(H,24,26). The van der Waals surface area contributed by atoms with Crippen LogP contribution in [0, 0.1) is 17.6 Å². The van der Waals surface area contributed by atoms with Crippen LogP contribution in [0.2, 0.25) is 0 Å². The molecule has 1 heterocycles. The quantitative estimate of drug-likeness (QED) is 0.881. The predicted molar refractivity (Wildman–Crippen MR) is 99.4 cm³/mol. The molecule has 0 atom stereocenters. The van der Waals surface area contributed by atoms with Crippen LogP contribution in [0.3, 0.4) is 0 Å². The van der Waals surface area contributed by atoms with Crippen LogP contribution in [0.1, 0.15) is 35.7 Å². The van der Waals surface area contributed by atoms with Gasteiger partial charge in [0.2, 0.25) is 5.91 Å². The van der Waals surface area contributed by atoms with E-state index in [1.54, 1.807) is 4.90 Å². The van der Waals surface area contributed by atoms with Gasteiger partial charge >= 0.3 is 0 Å². The molecule has 142 valence electrons. The van der Waals surface area contributed by atoms with Gasteiger partial charge in [-0.1, -0.05) is 19.1 Å². The summed E-state index contributed by atoms with van der Waals surface area (Å²) in [7, 11) is 0. The SMILES string of the molecule is CCc1ccc(NC(=O)C2CCN(C(=O)c3ccc(F)c(F)c3)CC2)cc1. The predicted octanol–water partition coefficient (Wildman–Crippen LogP) is 4.02. The van der Waals surface area contributed by atoms with Gasteiger partial charge in [-0.25, -0.2) is 8.78 Å². The van der Waals surface area contributed by atoms with Crippen molar-refractivity contribution in [2.75, 3.05) is 18.4 Å². The molecule has 0 saturated carbocycles. The average molecular weight is 372 g/mol. The van der Waals surface area contributed by atoms with E-state index in [4.69, 9.17) is 0 Å². The largest absolute Gasteiger partial charge is 0.339 e. The maximum Gasteiger partial charge on any atom is 0.253 e. The summed E-state index contributed by atoms with van der Waals surface area (Å²) in [5, 5.41) is 2.92. The van der Waals surface area contributed by atoms with Crippen molar-refractivity contribution in [1.82, 2.24) is 4.90 Å². The Hall–Kier alpha value is -2.76. The highest BCUT2D eigenvalue weighted by atomic mass is 19.2. The molecule has 0 radical (unpaired) electrons. The van der Waals surface area contributed by atoms with Gasteiger partial charge in [-0.05, 0) is 55.2 Å². The number of carbonyl (C=O) groups excluding carboxylic acids is 2. The summed E-state index contributed by atoms with van der Waals surface area (Å²) in [5.41, 5.74) is 2.09. The molecule has 0 unspecified atom stereocenters. The molecule has 1 saturated heterocycles. The monoisotopic (exact) mass is 372 g/mol. The number of carbonyl (C=O) groups is 2. The Morgan fingerprint density at radius 1 is 1.04 bits per heavy atom. The number of hydrogen-bond donors (Lipinski definition) is 1. The molecule has 0 spiro atoms. The van der Waals surface area contributed by atoms with Gasteiger partial charge in [-0.3, -0.25) is 9.59 Å². The summed E-state index contributed by atoms with van der Waals surface area (Å²) in [6.07, 6.45) is 2.02. The number of halogens is 2. The van der Waals surface area contributed by atoms with Gasteiger partial charge in [0.05, 0.1) is 0 Å².